The second-order valence-electron chi connectivity index (χ2n) is 2.79. The van der Waals surface area contributed by atoms with E-state index in [1.807, 2.05) is 0 Å². The van der Waals surface area contributed by atoms with Crippen molar-refractivity contribution in [1.29, 1.82) is 0 Å². The van der Waals surface area contributed by atoms with Gasteiger partial charge in [0.25, 0.3) is 0 Å². The maximum Gasteiger partial charge on any atom is 0.311 e. The molecule has 0 atom stereocenters. The van der Waals surface area contributed by atoms with Gasteiger partial charge in [0.15, 0.2) is 0 Å². The van der Waals surface area contributed by atoms with Crippen LogP contribution in [0.1, 0.15) is 5.82 Å². The minimum Gasteiger partial charge on any atom is -0.481 e. The maximum atomic E-state index is 10.4. The lowest BCUT2D eigenvalue weighted by Crippen LogP contribution is -2.04. The summed E-state index contributed by atoms with van der Waals surface area (Å²) in [4.78, 5) is 22.3. The number of aromatic nitrogens is 3. The fraction of sp³-hybridized carbons (Fsp3) is 0.111. The van der Waals surface area contributed by atoms with E-state index in [0.29, 0.717) is 11.3 Å². The molecule has 0 amide bonds. The molecule has 5 heteroatoms. The number of pyridine rings is 1. The van der Waals surface area contributed by atoms with Crippen LogP contribution in [0.4, 0.5) is 0 Å². The Morgan fingerprint density at radius 2 is 2.29 bits per heavy atom. The molecule has 14 heavy (non-hydrogen) atoms. The van der Waals surface area contributed by atoms with Gasteiger partial charge in [0.1, 0.15) is 12.2 Å². The van der Waals surface area contributed by atoms with Gasteiger partial charge in [0.05, 0.1) is 5.52 Å². The predicted octanol–water partition coefficient (Wildman–Crippen LogP) is 0.652. The Kier molecular flexibility index (Phi) is 2.06. The summed E-state index contributed by atoms with van der Waals surface area (Å²) in [6.45, 7) is 0. The summed E-state index contributed by atoms with van der Waals surface area (Å²) >= 11 is 0. The van der Waals surface area contributed by atoms with Crippen molar-refractivity contribution in [3.63, 3.8) is 0 Å². The summed E-state index contributed by atoms with van der Waals surface area (Å²) in [6, 6.07) is 1.72. The molecule has 1 N–H and O–H groups in total. The van der Waals surface area contributed by atoms with E-state index in [0.717, 1.165) is 5.39 Å². The maximum absolute atomic E-state index is 10.4. The van der Waals surface area contributed by atoms with Crippen LogP contribution in [0.3, 0.4) is 0 Å². The highest BCUT2D eigenvalue weighted by Crippen LogP contribution is 2.07. The number of carbonyl (C=O) groups is 1. The minimum atomic E-state index is -0.932. The third-order valence-electron chi connectivity index (χ3n) is 1.74. The largest absolute Gasteiger partial charge is 0.481 e. The summed E-state index contributed by atoms with van der Waals surface area (Å²) in [5.74, 6) is -0.616. The van der Waals surface area contributed by atoms with Crippen molar-refractivity contribution < 1.29 is 9.90 Å². The second-order valence-corrected chi connectivity index (χ2v) is 2.79. The van der Waals surface area contributed by atoms with Crippen molar-refractivity contribution in [2.75, 3.05) is 0 Å². The van der Waals surface area contributed by atoms with Crippen molar-refractivity contribution in [2.24, 2.45) is 0 Å². The minimum absolute atomic E-state index is 0.155. The molecule has 0 radical (unpaired) electrons. The number of fused-ring (bicyclic) bond motifs is 1. The molecule has 2 rings (SSSR count). The Hall–Kier alpha value is -2.04. The SMILES string of the molecule is O=C(O)Cc1ncc2cnccc2n1. The Bertz CT molecular complexity index is 484. The third kappa shape index (κ3) is 1.66. The van der Waals surface area contributed by atoms with Gasteiger partial charge < -0.3 is 5.11 Å². The molecule has 70 valence electrons. The molecule has 0 unspecified atom stereocenters. The second kappa shape index (κ2) is 3.37. The van der Waals surface area contributed by atoms with E-state index in [2.05, 4.69) is 15.0 Å². The molecule has 0 aliphatic heterocycles. The zero-order valence-electron chi connectivity index (χ0n) is 7.21. The van der Waals surface area contributed by atoms with Gasteiger partial charge in [0, 0.05) is 24.0 Å². The quantitative estimate of drug-likeness (QED) is 0.750. The van der Waals surface area contributed by atoms with Crippen LogP contribution in [0.25, 0.3) is 10.9 Å². The van der Waals surface area contributed by atoms with Crippen LogP contribution in [-0.4, -0.2) is 26.0 Å². The van der Waals surface area contributed by atoms with Gasteiger partial charge in [0.2, 0.25) is 0 Å². The zero-order chi connectivity index (χ0) is 9.97. The monoisotopic (exact) mass is 189 g/mol. The van der Waals surface area contributed by atoms with E-state index in [1.54, 1.807) is 24.7 Å². The molecule has 2 aromatic rings. The molecule has 0 saturated carbocycles. The zero-order valence-corrected chi connectivity index (χ0v) is 7.21. The Labute approximate surface area is 79.5 Å². The molecule has 2 heterocycles. The molecule has 0 aliphatic carbocycles. The molecule has 0 spiro atoms. The van der Waals surface area contributed by atoms with Crippen LogP contribution in [0, 0.1) is 0 Å². The fourth-order valence-corrected chi connectivity index (χ4v) is 1.13. The first kappa shape index (κ1) is 8.55. The lowest BCUT2D eigenvalue weighted by molar-refractivity contribution is -0.136. The van der Waals surface area contributed by atoms with Crippen molar-refractivity contribution in [2.45, 2.75) is 6.42 Å². The van der Waals surface area contributed by atoms with Crippen molar-refractivity contribution in [3.8, 4) is 0 Å². The van der Waals surface area contributed by atoms with Crippen LogP contribution in [0.15, 0.2) is 24.7 Å². The van der Waals surface area contributed by atoms with Gasteiger partial charge in [-0.1, -0.05) is 0 Å². The summed E-state index contributed by atoms with van der Waals surface area (Å²) in [5.41, 5.74) is 0.714. The van der Waals surface area contributed by atoms with E-state index in [9.17, 15) is 4.79 Å². The van der Waals surface area contributed by atoms with Crippen LogP contribution < -0.4 is 0 Å². The summed E-state index contributed by atoms with van der Waals surface area (Å²) in [7, 11) is 0. The van der Waals surface area contributed by atoms with Gasteiger partial charge in [-0.25, -0.2) is 9.97 Å². The lowest BCUT2D eigenvalue weighted by atomic mass is 10.3. The van der Waals surface area contributed by atoms with Gasteiger partial charge >= 0.3 is 5.97 Å². The average molecular weight is 189 g/mol. The Morgan fingerprint density at radius 3 is 3.07 bits per heavy atom. The summed E-state index contributed by atoms with van der Waals surface area (Å²) < 4.78 is 0. The normalized spacial score (nSPS) is 10.3. The molecular formula is C9H7N3O2. The van der Waals surface area contributed by atoms with Gasteiger partial charge in [-0.3, -0.25) is 9.78 Å². The Balaban J connectivity index is 2.46. The highest BCUT2D eigenvalue weighted by Gasteiger charge is 2.04. The first-order valence-corrected chi connectivity index (χ1v) is 4.03. The van der Waals surface area contributed by atoms with E-state index in [1.165, 1.54) is 0 Å². The van der Waals surface area contributed by atoms with E-state index in [4.69, 9.17) is 5.11 Å². The smallest absolute Gasteiger partial charge is 0.311 e. The van der Waals surface area contributed by atoms with Crippen molar-refractivity contribution >= 4 is 16.9 Å². The van der Waals surface area contributed by atoms with Gasteiger partial charge in [-0.2, -0.15) is 0 Å². The first-order chi connectivity index (χ1) is 6.75. The molecule has 0 fully saturated rings. The van der Waals surface area contributed by atoms with Crippen LogP contribution in [0.5, 0.6) is 0 Å². The van der Waals surface area contributed by atoms with Crippen LogP contribution >= 0.6 is 0 Å². The summed E-state index contributed by atoms with van der Waals surface area (Å²) in [5, 5.41) is 9.35. The number of hydrogen-bond acceptors (Lipinski definition) is 4. The number of carboxylic acid groups (broad SMARTS) is 1. The molecule has 2 aromatic heterocycles. The fourth-order valence-electron chi connectivity index (χ4n) is 1.13. The number of rotatable bonds is 2. The van der Waals surface area contributed by atoms with Gasteiger partial charge in [-0.05, 0) is 6.07 Å². The Morgan fingerprint density at radius 1 is 1.43 bits per heavy atom. The topological polar surface area (TPSA) is 76.0 Å². The molecule has 0 bridgehead atoms. The highest BCUT2D eigenvalue weighted by molar-refractivity contribution is 5.77. The third-order valence-corrected chi connectivity index (χ3v) is 1.74. The van der Waals surface area contributed by atoms with Crippen molar-refractivity contribution in [3.05, 3.63) is 30.5 Å². The van der Waals surface area contributed by atoms with Crippen LogP contribution in [-0.2, 0) is 11.2 Å². The molecule has 0 saturated heterocycles. The molecule has 0 aliphatic rings. The number of nitrogens with zero attached hydrogens (tertiary/aromatic N) is 3. The van der Waals surface area contributed by atoms with Crippen molar-refractivity contribution in [1.82, 2.24) is 15.0 Å². The average Bonchev–Trinajstić information content (AvgIpc) is 2.17. The predicted molar refractivity (Wildman–Crippen MR) is 48.7 cm³/mol. The number of carboxylic acids is 1. The standard InChI is InChI=1S/C9H7N3O2/c13-9(14)3-8-11-5-6-4-10-2-1-7(6)12-8/h1-2,4-5H,3H2,(H,13,14). The van der Waals surface area contributed by atoms with Gasteiger partial charge in [-0.15, -0.1) is 0 Å². The number of aliphatic carboxylic acids is 1. The molecule has 0 aromatic carbocycles. The highest BCUT2D eigenvalue weighted by atomic mass is 16.4. The molecular weight excluding hydrogens is 182 g/mol. The summed E-state index contributed by atoms with van der Waals surface area (Å²) in [6.07, 6.45) is 4.67. The lowest BCUT2D eigenvalue weighted by Gasteiger charge is -1.98. The van der Waals surface area contributed by atoms with E-state index < -0.39 is 5.97 Å². The molecule has 5 nitrogen and oxygen atoms in total. The van der Waals surface area contributed by atoms with Crippen LogP contribution in [0.2, 0.25) is 0 Å². The van der Waals surface area contributed by atoms with E-state index >= 15 is 0 Å². The number of hydrogen-bond donors (Lipinski definition) is 1. The van der Waals surface area contributed by atoms with E-state index in [-0.39, 0.29) is 6.42 Å². The first-order valence-electron chi connectivity index (χ1n) is 4.03.